The maximum Gasteiger partial charge on any atom is 2.00 e. The van der Waals surface area contributed by atoms with Crippen molar-refractivity contribution in [2.75, 3.05) is 0 Å². The summed E-state index contributed by atoms with van der Waals surface area (Å²) in [6.07, 6.45) is 11.3. The van der Waals surface area contributed by atoms with E-state index in [1.165, 1.54) is 51.4 Å². The first-order chi connectivity index (χ1) is 28.8. The summed E-state index contributed by atoms with van der Waals surface area (Å²) in [4.78, 5) is -2.57. The van der Waals surface area contributed by atoms with E-state index in [4.69, 9.17) is 0 Å². The van der Waals surface area contributed by atoms with Gasteiger partial charge in [-0.25, -0.2) is 43.9 Å². The van der Waals surface area contributed by atoms with Crippen molar-refractivity contribution in [3.8, 4) is 0 Å². The topological polar surface area (TPSA) is 0 Å². The molecule has 0 saturated heterocycles. The number of hydrogen-bond donors (Lipinski definition) is 0. The fourth-order valence-electron chi connectivity index (χ4n) is 6.99. The molecule has 16 heteroatoms. The molecule has 2 aliphatic carbocycles. The maximum absolute atomic E-state index is 12.3. The van der Waals surface area contributed by atoms with Gasteiger partial charge in [0.15, 0.2) is 34.9 Å². The van der Waals surface area contributed by atoms with E-state index < -0.39 is 68.0 Å². The van der Waals surface area contributed by atoms with E-state index in [9.17, 15) is 43.9 Å². The van der Waals surface area contributed by atoms with E-state index >= 15 is 0 Å². The Bertz CT molecular complexity index is 1840. The Labute approximate surface area is 393 Å². The van der Waals surface area contributed by atoms with Crippen LogP contribution in [-0.4, -0.2) is 11.3 Å². The molecule has 0 unspecified atom stereocenters. The second-order valence-electron chi connectivity index (χ2n) is 13.8. The van der Waals surface area contributed by atoms with E-state index in [2.05, 4.69) is 147 Å². The summed E-state index contributed by atoms with van der Waals surface area (Å²) >= 11 is 7.86. The molecular formula is C46H38F10FeP2PdS2+2. The summed E-state index contributed by atoms with van der Waals surface area (Å²) in [5.41, 5.74) is 1.79. The quantitative estimate of drug-likeness (QED) is 0.0407. The average Bonchev–Trinajstić information content (AvgIpc) is 4.04. The molecule has 62 heavy (non-hydrogen) atoms. The van der Waals surface area contributed by atoms with E-state index in [0.29, 0.717) is 0 Å². The van der Waals surface area contributed by atoms with Gasteiger partial charge in [-0.2, -0.15) is 0 Å². The van der Waals surface area contributed by atoms with Crippen LogP contribution in [0.2, 0.25) is 0 Å². The molecule has 0 spiro atoms. The van der Waals surface area contributed by atoms with Crippen molar-refractivity contribution in [2.24, 2.45) is 0 Å². The summed E-state index contributed by atoms with van der Waals surface area (Å²) in [5.74, 6) is -20.3. The van der Waals surface area contributed by atoms with Crippen molar-refractivity contribution < 1.29 is 81.4 Å². The zero-order chi connectivity index (χ0) is 43.3. The third-order valence-electron chi connectivity index (χ3n) is 9.86. The largest absolute Gasteiger partial charge is 2.00 e. The van der Waals surface area contributed by atoms with Gasteiger partial charge in [0.2, 0.25) is 0 Å². The molecule has 0 aliphatic heterocycles. The standard InChI is InChI=1S/2C17H19P.2C6HF5S.Fe.Pd/c2*1-3-9-15(10-4-1)18(17-13-7-8-14-17)16-11-5-2-6-12-16;2*7-1-2(8)4(10)6(12)5(11)3(1)9;;/h2*1-6,9-12,17H,7-8,13-14H2;2*12H;;/q;;;;2*+2/p-2. The third kappa shape index (κ3) is 13.6. The zero-order valence-corrected chi connectivity index (χ0v) is 38.6. The van der Waals surface area contributed by atoms with Gasteiger partial charge in [-0.05, 0) is 74.1 Å². The van der Waals surface area contributed by atoms with Gasteiger partial charge in [0.1, 0.15) is 23.3 Å². The van der Waals surface area contributed by atoms with Crippen LogP contribution in [0.5, 0.6) is 0 Å². The van der Waals surface area contributed by atoms with Crippen LogP contribution in [0.25, 0.3) is 0 Å². The Kier molecular flexibility index (Phi) is 22.5. The zero-order valence-electron chi connectivity index (χ0n) is 32.5. The van der Waals surface area contributed by atoms with Crippen LogP contribution in [0.15, 0.2) is 131 Å². The number of halogens is 10. The van der Waals surface area contributed by atoms with Crippen LogP contribution in [0.3, 0.4) is 0 Å². The minimum atomic E-state index is -2.20. The van der Waals surface area contributed by atoms with Gasteiger partial charge in [0.05, 0.1) is 0 Å². The molecule has 6 aromatic rings. The van der Waals surface area contributed by atoms with Crippen molar-refractivity contribution in [1.29, 1.82) is 0 Å². The second kappa shape index (κ2) is 26.2. The minimum absolute atomic E-state index is 0. The third-order valence-corrected chi connectivity index (χ3v) is 16.5. The Balaban J connectivity index is 0.000000222. The second-order valence-corrected chi connectivity index (χ2v) is 19.6. The maximum atomic E-state index is 12.3. The normalized spacial score (nSPS) is 13.5. The first kappa shape index (κ1) is 53.4. The monoisotopic (exact) mass is 1070 g/mol. The summed E-state index contributed by atoms with van der Waals surface area (Å²) in [6.45, 7) is 0. The van der Waals surface area contributed by atoms with Gasteiger partial charge in [0.25, 0.3) is 0 Å². The molecule has 6 aromatic carbocycles. The fraction of sp³-hybridized carbons (Fsp3) is 0.217. The Morgan fingerprint density at radius 2 is 0.500 bits per heavy atom. The van der Waals surface area contributed by atoms with Gasteiger partial charge in [0, 0.05) is 0 Å². The Morgan fingerprint density at radius 1 is 0.323 bits per heavy atom. The molecule has 0 aromatic heterocycles. The number of rotatable bonds is 6. The van der Waals surface area contributed by atoms with Crippen molar-refractivity contribution in [3.05, 3.63) is 179 Å². The SMILES string of the molecule is Fc1c(F)c(F)c([S-])c(F)c1F.Fc1c(F)c(F)c([S-])c(F)c1F.[Fe+2].[Pd+2].c1ccc(P(c2ccccc2)C2CCCC2)cc1.c1ccc(P(c2ccccc2)C2CCCC2)cc1. The average molecular weight is 1070 g/mol. The molecule has 330 valence electrons. The molecule has 2 saturated carbocycles. The molecule has 0 bridgehead atoms. The minimum Gasteiger partial charge on any atom is -0.774 e. The van der Waals surface area contributed by atoms with Crippen LogP contribution in [0.1, 0.15) is 51.4 Å². The number of hydrogen-bond acceptors (Lipinski definition) is 2. The molecule has 2 fully saturated rings. The van der Waals surface area contributed by atoms with E-state index in [1.807, 2.05) is 0 Å². The molecule has 0 atom stereocenters. The molecule has 0 nitrogen and oxygen atoms in total. The molecule has 0 radical (unpaired) electrons. The van der Waals surface area contributed by atoms with Crippen LogP contribution < -0.4 is 21.2 Å². The van der Waals surface area contributed by atoms with Crippen molar-refractivity contribution in [1.82, 2.24) is 0 Å². The van der Waals surface area contributed by atoms with Gasteiger partial charge in [-0.3, -0.25) is 0 Å². The molecule has 0 heterocycles. The molecule has 8 rings (SSSR count). The Morgan fingerprint density at radius 3 is 0.694 bits per heavy atom. The van der Waals surface area contributed by atoms with Crippen LogP contribution >= 0.6 is 15.8 Å². The summed E-state index contributed by atoms with van der Waals surface area (Å²) in [5, 5.41) is 6.19. The van der Waals surface area contributed by atoms with Gasteiger partial charge in [-0.15, -0.1) is 0 Å². The van der Waals surface area contributed by atoms with Crippen molar-refractivity contribution in [3.63, 3.8) is 0 Å². The van der Waals surface area contributed by atoms with Crippen LogP contribution in [0, 0.1) is 58.2 Å². The Hall–Kier alpha value is -2.90. The van der Waals surface area contributed by atoms with E-state index in [1.54, 1.807) is 21.2 Å². The van der Waals surface area contributed by atoms with Gasteiger partial charge >= 0.3 is 37.5 Å². The van der Waals surface area contributed by atoms with Crippen LogP contribution in [-0.2, 0) is 62.7 Å². The van der Waals surface area contributed by atoms with Gasteiger partial charge in [-0.1, -0.05) is 157 Å². The van der Waals surface area contributed by atoms with Crippen molar-refractivity contribution >= 4 is 62.3 Å². The van der Waals surface area contributed by atoms with Crippen LogP contribution in [0.4, 0.5) is 43.9 Å². The molecule has 0 amide bonds. The van der Waals surface area contributed by atoms with E-state index in [-0.39, 0.29) is 53.3 Å². The number of benzene rings is 6. The fourth-order valence-corrected chi connectivity index (χ4v) is 13.4. The predicted molar refractivity (Wildman–Crippen MR) is 226 cm³/mol. The molecule has 0 N–H and O–H groups in total. The van der Waals surface area contributed by atoms with E-state index in [0.717, 1.165) is 11.3 Å². The summed E-state index contributed by atoms with van der Waals surface area (Å²) < 4.78 is 122. The van der Waals surface area contributed by atoms with Crippen molar-refractivity contribution in [2.45, 2.75) is 72.5 Å². The molecular weight excluding hydrogens is 1030 g/mol. The smallest absolute Gasteiger partial charge is 0.774 e. The van der Waals surface area contributed by atoms with Gasteiger partial charge < -0.3 is 25.3 Å². The summed E-state index contributed by atoms with van der Waals surface area (Å²) in [6, 6.07) is 44.5. The first-order valence-electron chi connectivity index (χ1n) is 19.0. The molecule has 2 aliphatic rings. The first-order valence-corrected chi connectivity index (χ1v) is 22.6. The predicted octanol–water partition coefficient (Wildman–Crippen LogP) is 12.7. The summed E-state index contributed by atoms with van der Waals surface area (Å²) in [7, 11) is -0.304.